The molecule has 0 spiro atoms. The van der Waals surface area contributed by atoms with Crippen LogP contribution in [0.5, 0.6) is 5.75 Å². The fraction of sp³-hybridized carbons (Fsp3) is 0.600. The minimum atomic E-state index is 0. The third-order valence-electron chi connectivity index (χ3n) is 3.94. The molecule has 0 saturated carbocycles. The summed E-state index contributed by atoms with van der Waals surface area (Å²) in [7, 11) is 1.70. The number of piperidine rings is 1. The molecule has 1 aliphatic heterocycles. The summed E-state index contributed by atoms with van der Waals surface area (Å²) in [5.74, 6) is 1.63. The van der Waals surface area contributed by atoms with Crippen molar-refractivity contribution in [3.8, 4) is 5.75 Å². The van der Waals surface area contributed by atoms with E-state index in [0.717, 1.165) is 25.4 Å². The Hall–Kier alpha value is -0.770. The van der Waals surface area contributed by atoms with Gasteiger partial charge in [-0.2, -0.15) is 0 Å². The highest BCUT2D eigenvalue weighted by Gasteiger charge is 2.21. The molecule has 4 heteroatoms. The van der Waals surface area contributed by atoms with Crippen molar-refractivity contribution in [1.82, 2.24) is 4.90 Å². The van der Waals surface area contributed by atoms with E-state index in [1.54, 1.807) is 7.11 Å². The maximum absolute atomic E-state index is 5.96. The maximum atomic E-state index is 5.96. The fourth-order valence-electron chi connectivity index (χ4n) is 2.63. The lowest BCUT2D eigenvalue weighted by atomic mass is 9.91. The molecule has 19 heavy (non-hydrogen) atoms. The van der Waals surface area contributed by atoms with Gasteiger partial charge in [0, 0.05) is 12.6 Å². The van der Waals surface area contributed by atoms with Crippen LogP contribution < -0.4 is 10.5 Å². The second-order valence-corrected chi connectivity index (χ2v) is 5.32. The number of nitrogens with zero attached hydrogens (tertiary/aromatic N) is 1. The van der Waals surface area contributed by atoms with E-state index < -0.39 is 0 Å². The molecule has 2 N–H and O–H groups in total. The number of rotatable bonds is 4. The molecule has 0 aromatic heterocycles. The van der Waals surface area contributed by atoms with Crippen molar-refractivity contribution in [2.75, 3.05) is 20.2 Å². The van der Waals surface area contributed by atoms with E-state index in [9.17, 15) is 0 Å². The third kappa shape index (κ3) is 4.68. The molecule has 0 radical (unpaired) electrons. The lowest BCUT2D eigenvalue weighted by molar-refractivity contribution is 0.165. The van der Waals surface area contributed by atoms with Gasteiger partial charge in [-0.05, 0) is 56.5 Å². The average molecular weight is 285 g/mol. The van der Waals surface area contributed by atoms with Gasteiger partial charge in [-0.25, -0.2) is 0 Å². The van der Waals surface area contributed by atoms with E-state index in [2.05, 4.69) is 24.0 Å². The average Bonchev–Trinajstić information content (AvgIpc) is 2.40. The Morgan fingerprint density at radius 2 is 1.84 bits per heavy atom. The Balaban J connectivity index is 0.00000180. The number of nitrogens with two attached hydrogens (primary N) is 1. The van der Waals surface area contributed by atoms with Crippen LogP contribution in [0.25, 0.3) is 0 Å². The number of likely N-dealkylation sites (tertiary alicyclic amines) is 1. The molecule has 1 aromatic carbocycles. The molecular weight excluding hydrogens is 260 g/mol. The Morgan fingerprint density at radius 1 is 1.26 bits per heavy atom. The highest BCUT2D eigenvalue weighted by Crippen LogP contribution is 2.21. The van der Waals surface area contributed by atoms with E-state index in [1.807, 2.05) is 12.1 Å². The van der Waals surface area contributed by atoms with Crippen molar-refractivity contribution >= 4 is 12.4 Å². The number of hydrogen-bond acceptors (Lipinski definition) is 3. The molecular formula is C15H25ClN2O. The summed E-state index contributed by atoms with van der Waals surface area (Å²) in [4.78, 5) is 2.51. The van der Waals surface area contributed by atoms with Gasteiger partial charge in [0.15, 0.2) is 0 Å². The fourth-order valence-corrected chi connectivity index (χ4v) is 2.63. The van der Waals surface area contributed by atoms with Gasteiger partial charge in [0.25, 0.3) is 0 Å². The topological polar surface area (TPSA) is 38.5 Å². The zero-order chi connectivity index (χ0) is 13.0. The normalized spacial score (nSPS) is 18.7. The number of benzene rings is 1. The van der Waals surface area contributed by atoms with Crippen molar-refractivity contribution in [1.29, 1.82) is 0 Å². The van der Waals surface area contributed by atoms with Crippen molar-refractivity contribution in [2.45, 2.75) is 32.4 Å². The molecule has 2 rings (SSSR count). The molecule has 0 aliphatic carbocycles. The van der Waals surface area contributed by atoms with Gasteiger partial charge in [-0.1, -0.05) is 12.1 Å². The molecule has 1 heterocycles. The summed E-state index contributed by atoms with van der Waals surface area (Å²) in [5, 5.41) is 0. The summed E-state index contributed by atoms with van der Waals surface area (Å²) in [6, 6.07) is 8.70. The van der Waals surface area contributed by atoms with E-state index in [4.69, 9.17) is 10.5 Å². The van der Waals surface area contributed by atoms with Crippen LogP contribution in [-0.4, -0.2) is 31.1 Å². The summed E-state index contributed by atoms with van der Waals surface area (Å²) >= 11 is 0. The summed E-state index contributed by atoms with van der Waals surface area (Å²) < 4.78 is 5.17. The van der Waals surface area contributed by atoms with Crippen molar-refractivity contribution in [2.24, 2.45) is 11.7 Å². The van der Waals surface area contributed by atoms with Gasteiger partial charge in [0.05, 0.1) is 7.11 Å². The Kier molecular flexibility index (Phi) is 6.63. The lowest BCUT2D eigenvalue weighted by Crippen LogP contribution is -2.39. The first-order chi connectivity index (χ1) is 8.69. The van der Waals surface area contributed by atoms with Crippen LogP contribution in [0.15, 0.2) is 24.3 Å². The molecule has 1 fully saturated rings. The summed E-state index contributed by atoms with van der Waals surface area (Å²) in [6.45, 7) is 5.50. The molecule has 0 amide bonds. The summed E-state index contributed by atoms with van der Waals surface area (Å²) in [5.41, 5.74) is 7.32. The predicted octanol–water partition coefficient (Wildman–Crippen LogP) is 2.68. The minimum absolute atomic E-state index is 0. The standard InChI is InChI=1S/C15H24N2O.ClH/c1-12(16)14-7-9-17(10-8-14)11-13-3-5-15(18-2)6-4-13;/h3-6,12,14H,7-11,16H2,1-2H3;1H. The summed E-state index contributed by atoms with van der Waals surface area (Å²) in [6.07, 6.45) is 2.46. The highest BCUT2D eigenvalue weighted by molar-refractivity contribution is 5.85. The van der Waals surface area contributed by atoms with Crippen LogP contribution >= 0.6 is 12.4 Å². The Morgan fingerprint density at radius 3 is 2.32 bits per heavy atom. The first kappa shape index (κ1) is 16.3. The highest BCUT2D eigenvalue weighted by atomic mass is 35.5. The van der Waals surface area contributed by atoms with Gasteiger partial charge in [-0.3, -0.25) is 4.90 Å². The van der Waals surface area contributed by atoms with Crippen molar-refractivity contribution in [3.05, 3.63) is 29.8 Å². The second kappa shape index (κ2) is 7.73. The molecule has 1 unspecified atom stereocenters. The van der Waals surface area contributed by atoms with Crippen molar-refractivity contribution < 1.29 is 4.74 Å². The van der Waals surface area contributed by atoms with Crippen LogP contribution in [0.3, 0.4) is 0 Å². The Labute approximate surface area is 122 Å². The number of ether oxygens (including phenoxy) is 1. The van der Waals surface area contributed by atoms with Gasteiger partial charge in [-0.15, -0.1) is 12.4 Å². The molecule has 1 aromatic rings. The van der Waals surface area contributed by atoms with Gasteiger partial charge in [0.2, 0.25) is 0 Å². The van der Waals surface area contributed by atoms with Crippen LogP contribution in [0.2, 0.25) is 0 Å². The van der Waals surface area contributed by atoms with Crippen LogP contribution in [-0.2, 0) is 6.54 Å². The quantitative estimate of drug-likeness (QED) is 0.924. The van der Waals surface area contributed by atoms with Gasteiger partial charge < -0.3 is 10.5 Å². The van der Waals surface area contributed by atoms with Crippen molar-refractivity contribution in [3.63, 3.8) is 0 Å². The molecule has 1 aliphatic rings. The molecule has 3 nitrogen and oxygen atoms in total. The molecule has 1 saturated heterocycles. The monoisotopic (exact) mass is 284 g/mol. The van der Waals surface area contributed by atoms with Crippen LogP contribution in [0.1, 0.15) is 25.3 Å². The number of halogens is 1. The molecule has 1 atom stereocenters. The predicted molar refractivity (Wildman–Crippen MR) is 81.9 cm³/mol. The third-order valence-corrected chi connectivity index (χ3v) is 3.94. The first-order valence-electron chi connectivity index (χ1n) is 6.80. The van der Waals surface area contributed by atoms with Gasteiger partial charge >= 0.3 is 0 Å². The van der Waals surface area contributed by atoms with Crippen LogP contribution in [0.4, 0.5) is 0 Å². The number of methoxy groups -OCH3 is 1. The first-order valence-corrected chi connectivity index (χ1v) is 6.80. The van der Waals surface area contributed by atoms with Crippen LogP contribution in [0, 0.1) is 5.92 Å². The molecule has 0 bridgehead atoms. The van der Waals surface area contributed by atoms with Gasteiger partial charge in [0.1, 0.15) is 5.75 Å². The van der Waals surface area contributed by atoms with E-state index in [1.165, 1.54) is 18.4 Å². The minimum Gasteiger partial charge on any atom is -0.497 e. The largest absolute Gasteiger partial charge is 0.497 e. The maximum Gasteiger partial charge on any atom is 0.118 e. The van der Waals surface area contributed by atoms with E-state index in [0.29, 0.717) is 12.0 Å². The molecule has 108 valence electrons. The lowest BCUT2D eigenvalue weighted by Gasteiger charge is -2.33. The second-order valence-electron chi connectivity index (χ2n) is 5.32. The zero-order valence-electron chi connectivity index (χ0n) is 11.8. The van der Waals surface area contributed by atoms with E-state index in [-0.39, 0.29) is 12.4 Å². The SMILES string of the molecule is COc1ccc(CN2CCC(C(C)N)CC2)cc1.Cl. The zero-order valence-corrected chi connectivity index (χ0v) is 12.7. The smallest absolute Gasteiger partial charge is 0.118 e. The van der Waals surface area contributed by atoms with E-state index >= 15 is 0 Å². The Bertz CT molecular complexity index is 359. The number of hydrogen-bond donors (Lipinski definition) is 1.